The summed E-state index contributed by atoms with van der Waals surface area (Å²) >= 11 is 0. The minimum Gasteiger partial charge on any atom is -0.354 e. The molecule has 3 rings (SSSR count). The highest BCUT2D eigenvalue weighted by atomic mass is 15.2. The Kier molecular flexibility index (Phi) is 3.11. The molecule has 0 radical (unpaired) electrons. The highest BCUT2D eigenvalue weighted by Gasteiger charge is 2.25. The van der Waals surface area contributed by atoms with E-state index in [4.69, 9.17) is 10.7 Å². The third kappa shape index (κ3) is 2.28. The molecule has 4 heteroatoms. The van der Waals surface area contributed by atoms with Gasteiger partial charge in [-0.05, 0) is 31.4 Å². The van der Waals surface area contributed by atoms with E-state index in [0.29, 0.717) is 5.92 Å². The molecule has 100 valence electrons. The molecule has 1 saturated heterocycles. The molecular formula is C15H20N4. The van der Waals surface area contributed by atoms with Gasteiger partial charge in [0.15, 0.2) is 5.82 Å². The molecule has 0 aliphatic carbocycles. The largest absolute Gasteiger partial charge is 0.354 e. The number of nitrogens with zero attached hydrogens (tertiary/aromatic N) is 3. The van der Waals surface area contributed by atoms with Gasteiger partial charge in [-0.2, -0.15) is 0 Å². The summed E-state index contributed by atoms with van der Waals surface area (Å²) in [5.74, 6) is 1.58. The van der Waals surface area contributed by atoms with Crippen LogP contribution in [-0.4, -0.2) is 29.1 Å². The molecule has 1 aliphatic rings. The summed E-state index contributed by atoms with van der Waals surface area (Å²) < 4.78 is 0. The third-order valence-electron chi connectivity index (χ3n) is 4.04. The Bertz CT molecular complexity index is 596. The maximum Gasteiger partial charge on any atom is 0.150 e. The van der Waals surface area contributed by atoms with Gasteiger partial charge in [-0.3, -0.25) is 0 Å². The number of hydrogen-bond donors (Lipinski definition) is 1. The van der Waals surface area contributed by atoms with Crippen LogP contribution < -0.4 is 10.6 Å². The standard InChI is InChI=1S/C15H20N4/c1-10-7-8-19(9-12(10)16)15-11(2)17-13-5-3-4-6-14(13)18-15/h3-6,10,12H,7-9,16H2,1-2H3. The van der Waals surface area contributed by atoms with E-state index < -0.39 is 0 Å². The number of rotatable bonds is 1. The van der Waals surface area contributed by atoms with Crippen LogP contribution in [0.2, 0.25) is 0 Å². The van der Waals surface area contributed by atoms with Crippen molar-refractivity contribution < 1.29 is 0 Å². The number of anilines is 1. The van der Waals surface area contributed by atoms with Crippen molar-refractivity contribution in [2.45, 2.75) is 26.3 Å². The predicted molar refractivity (Wildman–Crippen MR) is 78.2 cm³/mol. The van der Waals surface area contributed by atoms with Gasteiger partial charge < -0.3 is 10.6 Å². The predicted octanol–water partition coefficient (Wildman–Crippen LogP) is 2.11. The molecule has 1 aromatic carbocycles. The quantitative estimate of drug-likeness (QED) is 0.849. The number of piperidine rings is 1. The molecule has 0 bridgehead atoms. The second-order valence-electron chi connectivity index (χ2n) is 5.50. The first kappa shape index (κ1) is 12.4. The van der Waals surface area contributed by atoms with E-state index in [1.807, 2.05) is 31.2 Å². The van der Waals surface area contributed by atoms with Crippen molar-refractivity contribution in [3.05, 3.63) is 30.0 Å². The molecule has 2 heterocycles. The van der Waals surface area contributed by atoms with Crippen LogP contribution in [0.3, 0.4) is 0 Å². The molecule has 0 spiro atoms. The summed E-state index contributed by atoms with van der Waals surface area (Å²) in [7, 11) is 0. The lowest BCUT2D eigenvalue weighted by atomic mass is 9.94. The molecule has 19 heavy (non-hydrogen) atoms. The summed E-state index contributed by atoms with van der Waals surface area (Å²) in [4.78, 5) is 11.7. The molecule has 2 N–H and O–H groups in total. The summed E-state index contributed by atoms with van der Waals surface area (Å²) in [6, 6.07) is 8.23. The van der Waals surface area contributed by atoms with Crippen LogP contribution in [0.1, 0.15) is 19.0 Å². The first-order valence-electron chi connectivity index (χ1n) is 6.89. The summed E-state index contributed by atoms with van der Waals surface area (Å²) in [6.07, 6.45) is 1.12. The third-order valence-corrected chi connectivity index (χ3v) is 4.04. The average Bonchev–Trinajstić information content (AvgIpc) is 2.41. The van der Waals surface area contributed by atoms with Crippen molar-refractivity contribution in [3.63, 3.8) is 0 Å². The molecule has 1 aromatic heterocycles. The van der Waals surface area contributed by atoms with E-state index in [2.05, 4.69) is 16.8 Å². The Hall–Kier alpha value is -1.68. The van der Waals surface area contributed by atoms with E-state index in [9.17, 15) is 0 Å². The number of para-hydroxylation sites is 2. The molecular weight excluding hydrogens is 236 g/mol. The van der Waals surface area contributed by atoms with Crippen molar-refractivity contribution in [1.82, 2.24) is 9.97 Å². The van der Waals surface area contributed by atoms with E-state index in [1.54, 1.807) is 0 Å². The zero-order valence-corrected chi connectivity index (χ0v) is 11.5. The van der Waals surface area contributed by atoms with E-state index in [1.165, 1.54) is 0 Å². The fourth-order valence-electron chi connectivity index (χ4n) is 2.67. The van der Waals surface area contributed by atoms with E-state index in [-0.39, 0.29) is 6.04 Å². The topological polar surface area (TPSA) is 55.0 Å². The Balaban J connectivity index is 1.98. The molecule has 4 nitrogen and oxygen atoms in total. The number of nitrogens with two attached hydrogens (primary N) is 1. The molecule has 2 unspecified atom stereocenters. The maximum atomic E-state index is 6.18. The van der Waals surface area contributed by atoms with E-state index >= 15 is 0 Å². The second kappa shape index (κ2) is 4.78. The average molecular weight is 256 g/mol. The van der Waals surface area contributed by atoms with Crippen LogP contribution in [0.5, 0.6) is 0 Å². The minimum absolute atomic E-state index is 0.224. The van der Waals surface area contributed by atoms with Gasteiger partial charge in [-0.25, -0.2) is 9.97 Å². The van der Waals surface area contributed by atoms with Gasteiger partial charge in [0.25, 0.3) is 0 Å². The summed E-state index contributed by atoms with van der Waals surface area (Å²) in [5, 5.41) is 0. The molecule has 0 saturated carbocycles. The van der Waals surface area contributed by atoms with Crippen LogP contribution >= 0.6 is 0 Å². The molecule has 2 aromatic rings. The molecule has 2 atom stereocenters. The van der Waals surface area contributed by atoms with Crippen molar-refractivity contribution in [2.75, 3.05) is 18.0 Å². The Morgan fingerprint density at radius 3 is 2.58 bits per heavy atom. The molecule has 1 fully saturated rings. The lowest BCUT2D eigenvalue weighted by molar-refractivity contribution is 0.377. The molecule has 0 amide bonds. The number of aromatic nitrogens is 2. The van der Waals surface area contributed by atoms with Crippen molar-refractivity contribution in [3.8, 4) is 0 Å². The van der Waals surface area contributed by atoms with Crippen LogP contribution in [0, 0.1) is 12.8 Å². The Morgan fingerprint density at radius 2 is 1.89 bits per heavy atom. The van der Waals surface area contributed by atoms with Crippen molar-refractivity contribution in [1.29, 1.82) is 0 Å². The zero-order valence-electron chi connectivity index (χ0n) is 11.5. The first-order chi connectivity index (χ1) is 9.15. The van der Waals surface area contributed by atoms with Gasteiger partial charge in [0.05, 0.1) is 16.7 Å². The number of benzene rings is 1. The van der Waals surface area contributed by atoms with Crippen LogP contribution in [-0.2, 0) is 0 Å². The summed E-state index contributed by atoms with van der Waals surface area (Å²) in [6.45, 7) is 6.14. The van der Waals surface area contributed by atoms with Crippen LogP contribution in [0.25, 0.3) is 11.0 Å². The number of aryl methyl sites for hydroxylation is 1. The number of fused-ring (bicyclic) bond motifs is 1. The van der Waals surface area contributed by atoms with Gasteiger partial charge in [0.2, 0.25) is 0 Å². The van der Waals surface area contributed by atoms with Crippen LogP contribution in [0.4, 0.5) is 5.82 Å². The lowest BCUT2D eigenvalue weighted by Crippen LogP contribution is -2.48. The minimum atomic E-state index is 0.224. The highest BCUT2D eigenvalue weighted by Crippen LogP contribution is 2.24. The van der Waals surface area contributed by atoms with Crippen molar-refractivity contribution in [2.24, 2.45) is 11.7 Å². The summed E-state index contributed by atoms with van der Waals surface area (Å²) in [5.41, 5.74) is 9.08. The Labute approximate surface area is 113 Å². The number of hydrogen-bond acceptors (Lipinski definition) is 4. The first-order valence-corrected chi connectivity index (χ1v) is 6.89. The SMILES string of the molecule is Cc1nc2ccccc2nc1N1CCC(C)C(N)C1. The van der Waals surface area contributed by atoms with E-state index in [0.717, 1.165) is 42.1 Å². The second-order valence-corrected chi connectivity index (χ2v) is 5.50. The normalized spacial score (nSPS) is 23.8. The molecule has 1 aliphatic heterocycles. The van der Waals surface area contributed by atoms with Gasteiger partial charge in [-0.1, -0.05) is 19.1 Å². The van der Waals surface area contributed by atoms with Gasteiger partial charge in [0.1, 0.15) is 0 Å². The lowest BCUT2D eigenvalue weighted by Gasteiger charge is -2.36. The fraction of sp³-hybridized carbons (Fsp3) is 0.467. The monoisotopic (exact) mass is 256 g/mol. The van der Waals surface area contributed by atoms with Gasteiger partial charge >= 0.3 is 0 Å². The fourth-order valence-corrected chi connectivity index (χ4v) is 2.67. The smallest absolute Gasteiger partial charge is 0.150 e. The maximum absolute atomic E-state index is 6.18. The van der Waals surface area contributed by atoms with Crippen molar-refractivity contribution >= 4 is 16.9 Å². The van der Waals surface area contributed by atoms with Crippen LogP contribution in [0.15, 0.2) is 24.3 Å². The van der Waals surface area contributed by atoms with Gasteiger partial charge in [0, 0.05) is 19.1 Å². The Morgan fingerprint density at radius 1 is 1.21 bits per heavy atom. The van der Waals surface area contributed by atoms with Gasteiger partial charge in [-0.15, -0.1) is 0 Å². The zero-order chi connectivity index (χ0) is 13.4. The highest BCUT2D eigenvalue weighted by molar-refractivity contribution is 5.76.